The first-order valence-electron chi connectivity index (χ1n) is 3.36. The second-order valence-electron chi connectivity index (χ2n) is 2.65. The average molecular weight is 190 g/mol. The predicted molar refractivity (Wildman–Crippen MR) is 48.8 cm³/mol. The second-order valence-corrected chi connectivity index (χ2v) is 4.08. The SMILES string of the molecule is CB1C=CC(S(=O)(=O)O)=CC1.O. The molecule has 0 saturated heterocycles. The van der Waals surface area contributed by atoms with Crippen molar-refractivity contribution in [3.63, 3.8) is 0 Å². The summed E-state index contributed by atoms with van der Waals surface area (Å²) in [6, 6.07) is 0. The highest BCUT2D eigenvalue weighted by atomic mass is 32.2. The zero-order valence-corrected chi connectivity index (χ0v) is 7.50. The van der Waals surface area contributed by atoms with E-state index in [1.807, 2.05) is 6.82 Å². The maximum atomic E-state index is 10.5. The van der Waals surface area contributed by atoms with Crippen molar-refractivity contribution < 1.29 is 18.4 Å². The van der Waals surface area contributed by atoms with Crippen LogP contribution in [0.25, 0.3) is 0 Å². The molecule has 0 aromatic rings. The molecule has 1 rings (SSSR count). The summed E-state index contributed by atoms with van der Waals surface area (Å²) in [5.41, 5.74) is 0. The highest BCUT2D eigenvalue weighted by molar-refractivity contribution is 7.90. The molecule has 0 radical (unpaired) electrons. The van der Waals surface area contributed by atoms with Crippen LogP contribution in [-0.2, 0) is 10.1 Å². The van der Waals surface area contributed by atoms with Gasteiger partial charge in [0.15, 0.2) is 6.71 Å². The molecule has 68 valence electrons. The van der Waals surface area contributed by atoms with Gasteiger partial charge in [0.1, 0.15) is 0 Å². The van der Waals surface area contributed by atoms with Gasteiger partial charge in [0.05, 0.1) is 4.91 Å². The summed E-state index contributed by atoms with van der Waals surface area (Å²) >= 11 is 0. The van der Waals surface area contributed by atoms with Crippen LogP contribution in [0.2, 0.25) is 13.1 Å². The van der Waals surface area contributed by atoms with E-state index in [1.165, 1.54) is 12.2 Å². The first kappa shape index (κ1) is 11.4. The zero-order chi connectivity index (χ0) is 8.48. The van der Waals surface area contributed by atoms with Crippen molar-refractivity contribution in [1.29, 1.82) is 0 Å². The van der Waals surface area contributed by atoms with E-state index in [0.29, 0.717) is 13.0 Å². The third-order valence-corrected chi connectivity index (χ3v) is 2.48. The summed E-state index contributed by atoms with van der Waals surface area (Å²) in [7, 11) is -3.97. The summed E-state index contributed by atoms with van der Waals surface area (Å²) in [4.78, 5) is 0.00981. The van der Waals surface area contributed by atoms with Crippen molar-refractivity contribution in [2.24, 2.45) is 0 Å². The van der Waals surface area contributed by atoms with E-state index in [2.05, 4.69) is 0 Å². The van der Waals surface area contributed by atoms with E-state index in [0.717, 1.165) is 0 Å². The Morgan fingerprint density at radius 3 is 2.50 bits per heavy atom. The number of hydrogen-bond donors (Lipinski definition) is 1. The fourth-order valence-corrected chi connectivity index (χ4v) is 1.46. The fraction of sp³-hybridized carbons (Fsp3) is 0.333. The molecule has 1 heterocycles. The highest BCUT2D eigenvalue weighted by Gasteiger charge is 2.14. The van der Waals surface area contributed by atoms with Crippen molar-refractivity contribution in [1.82, 2.24) is 0 Å². The minimum Gasteiger partial charge on any atom is -0.412 e. The Hall–Kier alpha value is -0.585. The van der Waals surface area contributed by atoms with Gasteiger partial charge in [-0.2, -0.15) is 8.42 Å². The first-order valence-corrected chi connectivity index (χ1v) is 4.80. The monoisotopic (exact) mass is 190 g/mol. The molecule has 0 aromatic heterocycles. The average Bonchev–Trinajstić information content (AvgIpc) is 1.86. The van der Waals surface area contributed by atoms with Crippen molar-refractivity contribution in [2.45, 2.75) is 13.1 Å². The zero-order valence-electron chi connectivity index (χ0n) is 6.69. The van der Waals surface area contributed by atoms with Crippen LogP contribution in [0.1, 0.15) is 0 Å². The van der Waals surface area contributed by atoms with Gasteiger partial charge in [0, 0.05) is 0 Å². The van der Waals surface area contributed by atoms with Crippen LogP contribution >= 0.6 is 0 Å². The Morgan fingerprint density at radius 2 is 2.17 bits per heavy atom. The largest absolute Gasteiger partial charge is 0.412 e. The summed E-state index contributed by atoms with van der Waals surface area (Å²) in [5, 5.41) is 0. The summed E-state index contributed by atoms with van der Waals surface area (Å²) < 4.78 is 29.6. The van der Waals surface area contributed by atoms with E-state index in [4.69, 9.17) is 4.55 Å². The molecule has 0 bridgehead atoms. The van der Waals surface area contributed by atoms with Crippen LogP contribution in [-0.4, -0.2) is 25.2 Å². The number of allylic oxidation sites excluding steroid dienone is 2. The predicted octanol–water partition coefficient (Wildman–Crippen LogP) is 0.167. The van der Waals surface area contributed by atoms with E-state index in [9.17, 15) is 8.42 Å². The standard InChI is InChI=1S/C6H9BO3S.H2O/c1-7-4-2-6(3-5-7)11(8,9)10;/h2-4H,5H2,1H3,(H,8,9,10);1H2. The van der Waals surface area contributed by atoms with Gasteiger partial charge in [0.2, 0.25) is 0 Å². The van der Waals surface area contributed by atoms with Gasteiger partial charge in [-0.3, -0.25) is 4.55 Å². The molecule has 0 unspecified atom stereocenters. The topological polar surface area (TPSA) is 85.9 Å². The van der Waals surface area contributed by atoms with Crippen LogP contribution in [0.4, 0.5) is 0 Å². The molecule has 0 amide bonds. The van der Waals surface area contributed by atoms with Gasteiger partial charge in [-0.05, 0) is 0 Å². The van der Waals surface area contributed by atoms with Crippen molar-refractivity contribution in [2.75, 3.05) is 0 Å². The Balaban J connectivity index is 0.00000121. The Morgan fingerprint density at radius 1 is 1.58 bits per heavy atom. The first-order chi connectivity index (χ1) is 5.00. The maximum Gasteiger partial charge on any atom is 0.294 e. The molecule has 0 aliphatic carbocycles. The fourth-order valence-electron chi connectivity index (χ4n) is 0.899. The van der Waals surface area contributed by atoms with E-state index < -0.39 is 10.1 Å². The molecule has 12 heavy (non-hydrogen) atoms. The molecule has 1 aliphatic heterocycles. The second kappa shape index (κ2) is 3.89. The minimum atomic E-state index is -3.97. The molecule has 0 fully saturated rings. The molecule has 0 atom stereocenters. The molecule has 4 nitrogen and oxygen atoms in total. The summed E-state index contributed by atoms with van der Waals surface area (Å²) in [5.74, 6) is 1.77. The smallest absolute Gasteiger partial charge is 0.294 e. The third kappa shape index (κ3) is 2.81. The molecular formula is C6H11BO4S. The van der Waals surface area contributed by atoms with Crippen LogP contribution < -0.4 is 0 Å². The lowest BCUT2D eigenvalue weighted by atomic mass is 9.48. The van der Waals surface area contributed by atoms with E-state index in [-0.39, 0.29) is 10.4 Å². The summed E-state index contributed by atoms with van der Waals surface area (Å²) in [6.07, 6.45) is 3.63. The third-order valence-electron chi connectivity index (χ3n) is 1.58. The Labute approximate surface area is 72.1 Å². The minimum absolute atomic E-state index is 0. The molecule has 0 spiro atoms. The lowest BCUT2D eigenvalue weighted by molar-refractivity contribution is 0.492. The van der Waals surface area contributed by atoms with Gasteiger partial charge in [-0.15, -0.1) is 5.98 Å². The van der Waals surface area contributed by atoms with Gasteiger partial charge >= 0.3 is 0 Å². The Bertz CT molecular complexity index is 304. The van der Waals surface area contributed by atoms with Crippen LogP contribution in [0.3, 0.4) is 0 Å². The maximum absolute atomic E-state index is 10.5. The van der Waals surface area contributed by atoms with Crippen molar-refractivity contribution >= 4 is 16.8 Å². The van der Waals surface area contributed by atoms with Crippen molar-refractivity contribution in [3.8, 4) is 0 Å². The molecule has 3 N–H and O–H groups in total. The van der Waals surface area contributed by atoms with Gasteiger partial charge in [-0.1, -0.05) is 25.3 Å². The lowest BCUT2D eigenvalue weighted by Crippen LogP contribution is -2.09. The van der Waals surface area contributed by atoms with Crippen LogP contribution in [0.5, 0.6) is 0 Å². The van der Waals surface area contributed by atoms with E-state index in [1.54, 1.807) is 5.98 Å². The molecule has 1 aliphatic rings. The molecule has 6 heteroatoms. The van der Waals surface area contributed by atoms with Gasteiger partial charge in [-0.25, -0.2) is 0 Å². The Kier molecular flexibility index (Phi) is 3.70. The normalized spacial score (nSPS) is 16.8. The van der Waals surface area contributed by atoms with Gasteiger partial charge in [0.25, 0.3) is 10.1 Å². The lowest BCUT2D eigenvalue weighted by Gasteiger charge is -2.05. The quantitative estimate of drug-likeness (QED) is 0.472. The van der Waals surface area contributed by atoms with Crippen LogP contribution in [0, 0.1) is 0 Å². The molecule has 0 aromatic carbocycles. The molecule has 0 saturated carbocycles. The molecular weight excluding hydrogens is 179 g/mol. The number of hydrogen-bond acceptors (Lipinski definition) is 2. The van der Waals surface area contributed by atoms with Crippen molar-refractivity contribution in [3.05, 3.63) is 23.0 Å². The van der Waals surface area contributed by atoms with Crippen LogP contribution in [0.15, 0.2) is 23.0 Å². The van der Waals surface area contributed by atoms with Gasteiger partial charge < -0.3 is 5.48 Å². The highest BCUT2D eigenvalue weighted by Crippen LogP contribution is 2.14. The number of rotatable bonds is 1. The van der Waals surface area contributed by atoms with E-state index >= 15 is 0 Å². The summed E-state index contributed by atoms with van der Waals surface area (Å²) in [6.45, 7) is 2.34.